The van der Waals surface area contributed by atoms with Crippen LogP contribution in [0.15, 0.2) is 73.4 Å². The molecule has 16 nitrogen and oxygen atoms in total. The number of imidazole rings is 3. The molecule has 2 aromatic carbocycles. The van der Waals surface area contributed by atoms with Crippen molar-refractivity contribution >= 4 is 24.0 Å². The Morgan fingerprint density at radius 2 is 1.21 bits per heavy atom. The van der Waals surface area contributed by atoms with Gasteiger partial charge in [0.25, 0.3) is 0 Å². The largest absolute Gasteiger partial charge is 0.453 e. The molecule has 4 N–H and O–H groups in total. The number of likely N-dealkylation sites (tertiary alicyclic amines) is 2. The highest BCUT2D eigenvalue weighted by atomic mass is 16.5. The molecule has 0 unspecified atom stereocenters. The molecular formula is C40H46N10O6. The van der Waals surface area contributed by atoms with Crippen LogP contribution in [0.25, 0.3) is 33.6 Å². The minimum absolute atomic E-state index is 0.177. The molecule has 3 aromatic heterocycles. The molecule has 0 bridgehead atoms. The molecule has 292 valence electrons. The normalized spacial score (nSPS) is 17.7. The Hall–Kier alpha value is -6.45. The Kier molecular flexibility index (Phi) is 11.2. The number of hydrogen-bond acceptors (Lipinski definition) is 9. The highest BCUT2D eigenvalue weighted by Crippen LogP contribution is 2.34. The summed E-state index contributed by atoms with van der Waals surface area (Å²) in [5, 5.41) is 5.27. The number of rotatable bonds is 11. The fraction of sp³-hybridized carbons (Fsp3) is 0.375. The molecule has 2 aliphatic rings. The van der Waals surface area contributed by atoms with Gasteiger partial charge in [0.2, 0.25) is 11.8 Å². The minimum atomic E-state index is -0.820. The zero-order valence-electron chi connectivity index (χ0n) is 31.8. The monoisotopic (exact) mass is 762 g/mol. The second-order valence-electron chi connectivity index (χ2n) is 14.1. The molecule has 5 aromatic rings. The first-order chi connectivity index (χ1) is 27.1. The van der Waals surface area contributed by atoms with Crippen LogP contribution in [0.5, 0.6) is 0 Å². The number of hydrogen-bond donors (Lipinski definition) is 4. The number of amides is 4. The van der Waals surface area contributed by atoms with Gasteiger partial charge in [-0.2, -0.15) is 0 Å². The molecule has 5 heterocycles. The number of benzene rings is 2. The maximum Gasteiger partial charge on any atom is 0.407 e. The number of carbonyl (C=O) groups is 4. The van der Waals surface area contributed by atoms with Gasteiger partial charge in [0.15, 0.2) is 0 Å². The van der Waals surface area contributed by atoms with Gasteiger partial charge in [-0.05, 0) is 54.9 Å². The molecule has 0 spiro atoms. The molecule has 2 aliphatic heterocycles. The second kappa shape index (κ2) is 16.5. The zero-order chi connectivity index (χ0) is 39.3. The zero-order valence-corrected chi connectivity index (χ0v) is 31.8. The SMILES string of the molecule is COC(=O)N[C@H](C)C(=O)N1CCC[C@H]1c1ncc(-c2ccc(-c3ccc(-c4cnc([C@@H]5CCCN5C(=O)[C@@H](Cc5cncn5C)NC(=O)OC)[nH]4)cc3)cc2)[nH]1. The summed E-state index contributed by atoms with van der Waals surface area (Å²) in [6.07, 6.45) is 9.08. The Bertz CT molecular complexity index is 2170. The van der Waals surface area contributed by atoms with Crippen molar-refractivity contribution in [2.24, 2.45) is 7.05 Å². The number of ether oxygens (including phenoxy) is 2. The van der Waals surface area contributed by atoms with E-state index in [1.54, 1.807) is 41.6 Å². The lowest BCUT2D eigenvalue weighted by Gasteiger charge is -2.28. The maximum absolute atomic E-state index is 13.9. The summed E-state index contributed by atoms with van der Waals surface area (Å²) in [4.78, 5) is 74.7. The summed E-state index contributed by atoms with van der Waals surface area (Å²) in [7, 11) is 4.39. The van der Waals surface area contributed by atoms with Gasteiger partial charge in [-0.3, -0.25) is 9.59 Å². The predicted molar refractivity (Wildman–Crippen MR) is 206 cm³/mol. The van der Waals surface area contributed by atoms with Gasteiger partial charge in [-0.15, -0.1) is 0 Å². The summed E-state index contributed by atoms with van der Waals surface area (Å²) in [5.74, 6) is 1.03. The summed E-state index contributed by atoms with van der Waals surface area (Å²) < 4.78 is 11.3. The Morgan fingerprint density at radius 1 is 0.732 bits per heavy atom. The third kappa shape index (κ3) is 7.99. The quantitative estimate of drug-likeness (QED) is 0.145. The number of alkyl carbamates (subject to hydrolysis) is 2. The summed E-state index contributed by atoms with van der Waals surface area (Å²) in [5.41, 5.74) is 6.52. The standard InChI is InChI=1S/C40H46N10O6/c1-24(44-39(53)55-3)37(51)49-17-5-7-33(49)35-42-21-31(45-35)27-13-9-25(10-14-27)26-11-15-28(16-12-26)32-22-43-36(46-32)34-8-6-18-50(34)38(52)30(47-40(54)56-4)19-29-20-41-23-48(29)2/h9-16,20-24,30,33-34H,5-8,17-19H2,1-4H3,(H,42,45)(H,43,46)(H,44,53)(H,47,54)/t24-,30-,33+,34+/m1/s1. The lowest BCUT2D eigenvalue weighted by atomic mass is 10.0. The first kappa shape index (κ1) is 37.8. The fourth-order valence-electron chi connectivity index (χ4n) is 7.56. The molecule has 4 atom stereocenters. The van der Waals surface area contributed by atoms with Gasteiger partial charge < -0.3 is 44.4 Å². The maximum atomic E-state index is 13.9. The van der Waals surface area contributed by atoms with Gasteiger partial charge in [0.1, 0.15) is 23.7 Å². The summed E-state index contributed by atoms with van der Waals surface area (Å²) >= 11 is 0. The summed E-state index contributed by atoms with van der Waals surface area (Å²) in [6, 6.07) is 14.4. The molecule has 2 fully saturated rings. The molecule has 56 heavy (non-hydrogen) atoms. The molecule has 7 rings (SSSR count). The average molecular weight is 763 g/mol. The van der Waals surface area contributed by atoms with Crippen molar-refractivity contribution in [3.8, 4) is 33.6 Å². The van der Waals surface area contributed by atoms with Crippen LogP contribution in [0.2, 0.25) is 0 Å². The fourth-order valence-corrected chi connectivity index (χ4v) is 7.56. The van der Waals surface area contributed by atoms with Crippen LogP contribution in [0.3, 0.4) is 0 Å². The van der Waals surface area contributed by atoms with Crippen molar-refractivity contribution in [2.45, 2.75) is 63.2 Å². The highest BCUT2D eigenvalue weighted by molar-refractivity contribution is 5.87. The Morgan fingerprint density at radius 3 is 1.70 bits per heavy atom. The van der Waals surface area contributed by atoms with E-state index < -0.39 is 24.3 Å². The van der Waals surface area contributed by atoms with Gasteiger partial charge in [0.05, 0.1) is 56.4 Å². The number of methoxy groups -OCH3 is 2. The van der Waals surface area contributed by atoms with E-state index in [-0.39, 0.29) is 30.3 Å². The van der Waals surface area contributed by atoms with E-state index in [0.29, 0.717) is 24.7 Å². The molecule has 0 saturated carbocycles. The predicted octanol–water partition coefficient (Wildman–Crippen LogP) is 4.91. The number of aromatic nitrogens is 6. The van der Waals surface area contributed by atoms with Crippen LogP contribution >= 0.6 is 0 Å². The topological polar surface area (TPSA) is 192 Å². The number of H-pyrrole nitrogens is 2. The molecule has 4 amide bonds. The molecule has 16 heteroatoms. The van der Waals surface area contributed by atoms with Crippen LogP contribution in [-0.2, 0) is 32.5 Å². The lowest BCUT2D eigenvalue weighted by molar-refractivity contribution is -0.135. The Labute approximate surface area is 324 Å². The molecular weight excluding hydrogens is 717 g/mol. The number of nitrogens with one attached hydrogen (secondary N) is 4. The highest BCUT2D eigenvalue weighted by Gasteiger charge is 2.37. The molecule has 0 aliphatic carbocycles. The van der Waals surface area contributed by atoms with E-state index in [4.69, 9.17) is 9.72 Å². The Balaban J connectivity index is 0.997. The van der Waals surface area contributed by atoms with Gasteiger partial charge >= 0.3 is 12.2 Å². The number of nitrogens with zero attached hydrogens (tertiary/aromatic N) is 6. The van der Waals surface area contributed by atoms with Gasteiger partial charge in [-0.1, -0.05) is 48.5 Å². The van der Waals surface area contributed by atoms with Crippen LogP contribution in [-0.4, -0.2) is 103 Å². The van der Waals surface area contributed by atoms with Crippen LogP contribution in [0.4, 0.5) is 9.59 Å². The third-order valence-electron chi connectivity index (χ3n) is 10.6. The van der Waals surface area contributed by atoms with Crippen molar-refractivity contribution in [2.75, 3.05) is 27.3 Å². The number of aryl methyl sites for hydroxylation is 1. The lowest BCUT2D eigenvalue weighted by Crippen LogP contribution is -2.49. The van der Waals surface area contributed by atoms with E-state index in [1.165, 1.54) is 14.2 Å². The number of aromatic amines is 2. The van der Waals surface area contributed by atoms with Gasteiger partial charge in [0, 0.05) is 38.4 Å². The molecule has 2 saturated heterocycles. The number of carbonyl (C=O) groups excluding carboxylic acids is 4. The smallest absolute Gasteiger partial charge is 0.407 e. The van der Waals surface area contributed by atoms with Crippen molar-refractivity contribution in [3.63, 3.8) is 0 Å². The van der Waals surface area contributed by atoms with E-state index in [1.807, 2.05) is 35.9 Å². The van der Waals surface area contributed by atoms with E-state index in [9.17, 15) is 19.2 Å². The van der Waals surface area contributed by atoms with Crippen molar-refractivity contribution in [1.82, 2.24) is 49.9 Å². The van der Waals surface area contributed by atoms with E-state index in [2.05, 4.69) is 59.6 Å². The van der Waals surface area contributed by atoms with Crippen LogP contribution in [0.1, 0.15) is 62.0 Å². The van der Waals surface area contributed by atoms with Gasteiger partial charge in [-0.25, -0.2) is 24.5 Å². The van der Waals surface area contributed by atoms with Crippen molar-refractivity contribution < 1.29 is 28.7 Å². The third-order valence-corrected chi connectivity index (χ3v) is 10.6. The van der Waals surface area contributed by atoms with Crippen LogP contribution < -0.4 is 10.6 Å². The average Bonchev–Trinajstić information content (AvgIpc) is 4.07. The summed E-state index contributed by atoms with van der Waals surface area (Å²) in [6.45, 7) is 2.79. The van der Waals surface area contributed by atoms with Crippen LogP contribution in [0, 0.1) is 0 Å². The second-order valence-corrected chi connectivity index (χ2v) is 14.1. The van der Waals surface area contributed by atoms with E-state index >= 15 is 0 Å². The van der Waals surface area contributed by atoms with Crippen molar-refractivity contribution in [1.29, 1.82) is 0 Å². The molecule has 0 radical (unpaired) electrons. The minimum Gasteiger partial charge on any atom is -0.453 e. The van der Waals surface area contributed by atoms with Crippen molar-refractivity contribution in [3.05, 3.63) is 90.8 Å². The first-order valence-electron chi connectivity index (χ1n) is 18.7. The first-order valence-corrected chi connectivity index (χ1v) is 18.7. The van der Waals surface area contributed by atoms with E-state index in [0.717, 1.165) is 65.0 Å².